The predicted molar refractivity (Wildman–Crippen MR) is 74.2 cm³/mol. The zero-order valence-corrected chi connectivity index (χ0v) is 11.6. The summed E-state index contributed by atoms with van der Waals surface area (Å²) >= 11 is 0. The third-order valence-electron chi connectivity index (χ3n) is 3.27. The molecule has 0 amide bonds. The lowest BCUT2D eigenvalue weighted by Crippen LogP contribution is -2.27. The van der Waals surface area contributed by atoms with Crippen LogP contribution in [0.5, 0.6) is 5.88 Å². The largest absolute Gasteiger partial charge is 0.479 e. The van der Waals surface area contributed by atoms with Gasteiger partial charge in [0.05, 0.1) is 12.7 Å². The number of anilines is 1. The van der Waals surface area contributed by atoms with Crippen molar-refractivity contribution < 1.29 is 19.4 Å². The maximum atomic E-state index is 10.5. The first kappa shape index (κ1) is 14.6. The lowest BCUT2D eigenvalue weighted by Gasteiger charge is -2.21. The molecule has 2 heterocycles. The Kier molecular flexibility index (Phi) is 5.17. The summed E-state index contributed by atoms with van der Waals surface area (Å²) in [7, 11) is 0. The van der Waals surface area contributed by atoms with E-state index >= 15 is 0 Å². The summed E-state index contributed by atoms with van der Waals surface area (Å²) in [5, 5.41) is 8.61. The van der Waals surface area contributed by atoms with Gasteiger partial charge in [0.25, 0.3) is 0 Å². The van der Waals surface area contributed by atoms with E-state index in [1.165, 1.54) is 0 Å². The van der Waals surface area contributed by atoms with Gasteiger partial charge in [-0.1, -0.05) is 13.0 Å². The van der Waals surface area contributed by atoms with E-state index in [2.05, 4.69) is 16.8 Å². The number of pyridine rings is 1. The zero-order valence-electron chi connectivity index (χ0n) is 11.6. The van der Waals surface area contributed by atoms with Gasteiger partial charge >= 0.3 is 5.97 Å². The van der Waals surface area contributed by atoms with Crippen molar-refractivity contribution in [1.82, 2.24) is 4.98 Å². The molecular formula is C14H20N2O4. The van der Waals surface area contributed by atoms with Gasteiger partial charge in [-0.25, -0.2) is 4.79 Å². The third-order valence-corrected chi connectivity index (χ3v) is 3.27. The number of carbonyl (C=O) groups is 1. The molecule has 110 valence electrons. The van der Waals surface area contributed by atoms with Gasteiger partial charge in [0, 0.05) is 19.2 Å². The van der Waals surface area contributed by atoms with E-state index in [0.717, 1.165) is 31.7 Å². The third kappa shape index (κ3) is 4.09. The summed E-state index contributed by atoms with van der Waals surface area (Å²) in [6.45, 7) is 4.09. The average Bonchev–Trinajstić information content (AvgIpc) is 2.71. The Morgan fingerprint density at radius 2 is 2.40 bits per heavy atom. The number of aromatic nitrogens is 1. The zero-order chi connectivity index (χ0) is 14.4. The molecule has 1 aromatic rings. The van der Waals surface area contributed by atoms with Gasteiger partial charge in [-0.15, -0.1) is 0 Å². The van der Waals surface area contributed by atoms with Crippen molar-refractivity contribution >= 4 is 11.8 Å². The Morgan fingerprint density at radius 1 is 1.55 bits per heavy atom. The minimum Gasteiger partial charge on any atom is -0.479 e. The Morgan fingerprint density at radius 3 is 3.15 bits per heavy atom. The highest BCUT2D eigenvalue weighted by Crippen LogP contribution is 2.19. The Bertz CT molecular complexity index is 453. The summed E-state index contributed by atoms with van der Waals surface area (Å²) < 4.78 is 10.8. The molecule has 0 aliphatic carbocycles. The molecule has 20 heavy (non-hydrogen) atoms. The number of hydrogen-bond acceptors (Lipinski definition) is 5. The molecule has 1 saturated heterocycles. The molecule has 0 bridgehead atoms. The second kappa shape index (κ2) is 7.09. The Labute approximate surface area is 118 Å². The maximum absolute atomic E-state index is 10.5. The fraction of sp³-hybridized carbons (Fsp3) is 0.571. The molecule has 2 rings (SSSR count). The summed E-state index contributed by atoms with van der Waals surface area (Å²) in [6, 6.07) is 5.39. The van der Waals surface area contributed by atoms with Crippen LogP contribution in [0.15, 0.2) is 18.2 Å². The van der Waals surface area contributed by atoms with E-state index in [1.807, 2.05) is 12.1 Å². The van der Waals surface area contributed by atoms with Gasteiger partial charge in [-0.2, -0.15) is 4.98 Å². The van der Waals surface area contributed by atoms with E-state index in [4.69, 9.17) is 14.6 Å². The van der Waals surface area contributed by atoms with Crippen molar-refractivity contribution in [1.29, 1.82) is 0 Å². The first-order valence-corrected chi connectivity index (χ1v) is 6.87. The molecule has 1 fully saturated rings. The average molecular weight is 280 g/mol. The minimum absolute atomic E-state index is 0.312. The number of nitrogens with zero attached hydrogens (tertiary/aromatic N) is 2. The van der Waals surface area contributed by atoms with Crippen LogP contribution in [0.1, 0.15) is 19.8 Å². The first-order chi connectivity index (χ1) is 9.69. The normalized spacial score (nSPS) is 19.4. The van der Waals surface area contributed by atoms with E-state index in [-0.39, 0.29) is 6.61 Å². The van der Waals surface area contributed by atoms with Crippen LogP contribution in [0.4, 0.5) is 5.82 Å². The van der Waals surface area contributed by atoms with Gasteiger partial charge in [-0.05, 0) is 18.9 Å². The molecule has 6 nitrogen and oxygen atoms in total. The Balaban J connectivity index is 2.00. The molecule has 0 radical (unpaired) electrons. The van der Waals surface area contributed by atoms with Crippen molar-refractivity contribution in [3.8, 4) is 5.88 Å². The summed E-state index contributed by atoms with van der Waals surface area (Å²) in [4.78, 5) is 17.0. The van der Waals surface area contributed by atoms with Gasteiger partial charge in [0.1, 0.15) is 5.82 Å². The van der Waals surface area contributed by atoms with Crippen LogP contribution in [-0.4, -0.2) is 48.5 Å². The summed E-state index contributed by atoms with van der Waals surface area (Å²) in [6.07, 6.45) is 2.30. The molecule has 1 aliphatic rings. The SMILES string of the molecule is CCC1CCN(c2cccc(OCC(=O)O)n2)CCO1. The molecule has 1 atom stereocenters. The Hall–Kier alpha value is -1.82. The van der Waals surface area contributed by atoms with Crippen LogP contribution in [-0.2, 0) is 9.53 Å². The molecule has 0 saturated carbocycles. The highest BCUT2D eigenvalue weighted by Gasteiger charge is 2.17. The van der Waals surface area contributed by atoms with E-state index in [0.29, 0.717) is 18.6 Å². The topological polar surface area (TPSA) is 71.9 Å². The van der Waals surface area contributed by atoms with Crippen molar-refractivity contribution in [3.63, 3.8) is 0 Å². The van der Waals surface area contributed by atoms with Crippen molar-refractivity contribution in [3.05, 3.63) is 18.2 Å². The fourth-order valence-corrected chi connectivity index (χ4v) is 2.17. The van der Waals surface area contributed by atoms with Gasteiger partial charge in [0.2, 0.25) is 5.88 Å². The second-order valence-electron chi connectivity index (χ2n) is 4.69. The van der Waals surface area contributed by atoms with Crippen LogP contribution in [0.25, 0.3) is 0 Å². The fourth-order valence-electron chi connectivity index (χ4n) is 2.17. The number of carboxylic acid groups (broad SMARTS) is 1. The van der Waals surface area contributed by atoms with Crippen molar-refractivity contribution in [2.75, 3.05) is 31.2 Å². The number of carboxylic acids is 1. The highest BCUT2D eigenvalue weighted by molar-refractivity contribution is 5.68. The van der Waals surface area contributed by atoms with E-state index in [1.54, 1.807) is 6.07 Å². The number of ether oxygens (including phenoxy) is 2. The monoisotopic (exact) mass is 280 g/mol. The lowest BCUT2D eigenvalue weighted by molar-refractivity contribution is -0.139. The van der Waals surface area contributed by atoms with Crippen molar-refractivity contribution in [2.24, 2.45) is 0 Å². The molecule has 0 spiro atoms. The molecule has 0 aromatic carbocycles. The smallest absolute Gasteiger partial charge is 0.341 e. The molecular weight excluding hydrogens is 260 g/mol. The highest BCUT2D eigenvalue weighted by atomic mass is 16.5. The van der Waals surface area contributed by atoms with Crippen LogP contribution in [0.3, 0.4) is 0 Å². The van der Waals surface area contributed by atoms with Gasteiger partial charge in [0.15, 0.2) is 6.61 Å². The summed E-state index contributed by atoms with van der Waals surface area (Å²) in [5.41, 5.74) is 0. The number of rotatable bonds is 5. The van der Waals surface area contributed by atoms with Crippen LogP contribution >= 0.6 is 0 Å². The maximum Gasteiger partial charge on any atom is 0.341 e. The van der Waals surface area contributed by atoms with E-state index < -0.39 is 5.97 Å². The van der Waals surface area contributed by atoms with E-state index in [9.17, 15) is 4.79 Å². The van der Waals surface area contributed by atoms with Crippen LogP contribution in [0, 0.1) is 0 Å². The predicted octanol–water partition coefficient (Wildman–Crippen LogP) is 1.55. The molecule has 1 aromatic heterocycles. The minimum atomic E-state index is -1.01. The first-order valence-electron chi connectivity index (χ1n) is 6.87. The molecule has 1 N–H and O–H groups in total. The van der Waals surface area contributed by atoms with Crippen LogP contribution < -0.4 is 9.64 Å². The summed E-state index contributed by atoms with van der Waals surface area (Å²) in [5.74, 6) is 0.126. The molecule has 1 aliphatic heterocycles. The molecule has 6 heteroatoms. The molecule has 1 unspecified atom stereocenters. The number of aliphatic carboxylic acids is 1. The lowest BCUT2D eigenvalue weighted by atomic mass is 10.2. The second-order valence-corrected chi connectivity index (χ2v) is 4.69. The van der Waals surface area contributed by atoms with Gasteiger partial charge < -0.3 is 19.5 Å². The quantitative estimate of drug-likeness (QED) is 0.882. The standard InChI is InChI=1S/C14H20N2O4/c1-2-11-6-7-16(8-9-19-11)12-4-3-5-13(15-12)20-10-14(17)18/h3-5,11H,2,6-10H2,1H3,(H,17,18). The van der Waals surface area contributed by atoms with Gasteiger partial charge in [-0.3, -0.25) is 0 Å². The number of hydrogen-bond donors (Lipinski definition) is 1. The van der Waals surface area contributed by atoms with Crippen molar-refractivity contribution in [2.45, 2.75) is 25.9 Å². The van der Waals surface area contributed by atoms with Crippen LogP contribution in [0.2, 0.25) is 0 Å².